The van der Waals surface area contributed by atoms with Crippen LogP contribution in [0.25, 0.3) is 0 Å². The third kappa shape index (κ3) is 5.36. The summed E-state index contributed by atoms with van der Waals surface area (Å²) in [7, 11) is 4.11. The highest BCUT2D eigenvalue weighted by atomic mass is 16.4. The van der Waals surface area contributed by atoms with Crippen LogP contribution in [0, 0.1) is 0 Å². The van der Waals surface area contributed by atoms with Gasteiger partial charge in [0.05, 0.1) is 11.3 Å². The van der Waals surface area contributed by atoms with E-state index >= 15 is 0 Å². The molecule has 106 valence electrons. The van der Waals surface area contributed by atoms with Crippen LogP contribution in [0.5, 0.6) is 0 Å². The molecule has 0 aromatic carbocycles. The fourth-order valence-electron chi connectivity index (χ4n) is 1.93. The van der Waals surface area contributed by atoms with Crippen LogP contribution in [0.3, 0.4) is 0 Å². The van der Waals surface area contributed by atoms with Crippen molar-refractivity contribution in [1.29, 1.82) is 0 Å². The fraction of sp³-hybridized carbons (Fsp3) is 0.571. The molecular weight excluding hydrogens is 242 g/mol. The summed E-state index contributed by atoms with van der Waals surface area (Å²) in [5, 5.41) is 9.13. The van der Waals surface area contributed by atoms with Gasteiger partial charge in [0.1, 0.15) is 0 Å². The highest BCUT2D eigenvalue weighted by Gasteiger charge is 2.13. The minimum Gasteiger partial charge on any atom is -0.478 e. The van der Waals surface area contributed by atoms with Crippen LogP contribution < -0.4 is 0 Å². The molecule has 1 rings (SSSR count). The number of pyridine rings is 1. The molecular formula is C14H23N3O2. The zero-order chi connectivity index (χ0) is 14.3. The van der Waals surface area contributed by atoms with Gasteiger partial charge >= 0.3 is 5.97 Å². The van der Waals surface area contributed by atoms with Gasteiger partial charge in [-0.2, -0.15) is 0 Å². The second kappa shape index (κ2) is 7.86. The van der Waals surface area contributed by atoms with Gasteiger partial charge in [0, 0.05) is 12.7 Å². The zero-order valence-corrected chi connectivity index (χ0v) is 12.0. The number of aromatic nitrogens is 1. The molecule has 1 heterocycles. The van der Waals surface area contributed by atoms with E-state index in [0.29, 0.717) is 17.8 Å². The molecule has 5 heteroatoms. The lowest BCUT2D eigenvalue weighted by Gasteiger charge is -2.21. The Hall–Kier alpha value is -1.46. The van der Waals surface area contributed by atoms with Gasteiger partial charge in [-0.1, -0.05) is 6.92 Å². The standard InChI is InChI=1S/C14H23N3O2/c1-4-17(10-6-9-16(2)3)11-13-12(14(18)19)7-5-8-15-13/h5,7-8H,4,6,9-11H2,1-3H3,(H,18,19). The molecule has 1 N–H and O–H groups in total. The summed E-state index contributed by atoms with van der Waals surface area (Å²) in [6, 6.07) is 3.27. The molecule has 0 saturated heterocycles. The lowest BCUT2D eigenvalue weighted by molar-refractivity contribution is 0.0693. The smallest absolute Gasteiger partial charge is 0.337 e. The molecule has 0 aliphatic heterocycles. The van der Waals surface area contributed by atoms with Gasteiger partial charge in [0.15, 0.2) is 0 Å². The van der Waals surface area contributed by atoms with E-state index in [1.54, 1.807) is 18.3 Å². The van der Waals surface area contributed by atoms with Crippen LogP contribution in [0.2, 0.25) is 0 Å². The Bertz CT molecular complexity index is 407. The van der Waals surface area contributed by atoms with E-state index in [2.05, 4.69) is 35.8 Å². The van der Waals surface area contributed by atoms with E-state index in [4.69, 9.17) is 5.11 Å². The molecule has 0 spiro atoms. The normalized spacial score (nSPS) is 11.2. The van der Waals surface area contributed by atoms with E-state index in [1.807, 2.05) is 0 Å². The summed E-state index contributed by atoms with van der Waals surface area (Å²) < 4.78 is 0. The van der Waals surface area contributed by atoms with E-state index in [1.165, 1.54) is 0 Å². The zero-order valence-electron chi connectivity index (χ0n) is 12.0. The molecule has 0 atom stereocenters. The first-order valence-corrected chi connectivity index (χ1v) is 6.58. The van der Waals surface area contributed by atoms with Gasteiger partial charge in [-0.25, -0.2) is 4.79 Å². The number of carboxylic acids is 1. The van der Waals surface area contributed by atoms with Crippen molar-refractivity contribution in [3.63, 3.8) is 0 Å². The number of aromatic carboxylic acids is 1. The minimum atomic E-state index is -0.910. The predicted octanol–water partition coefficient (Wildman–Crippen LogP) is 1.55. The topological polar surface area (TPSA) is 56.7 Å². The number of hydrogen-bond donors (Lipinski definition) is 1. The van der Waals surface area contributed by atoms with Gasteiger partial charge in [0.25, 0.3) is 0 Å². The van der Waals surface area contributed by atoms with Crippen LogP contribution in [-0.2, 0) is 6.54 Å². The molecule has 1 aromatic rings. The SMILES string of the molecule is CCN(CCCN(C)C)Cc1ncccc1C(=O)O. The van der Waals surface area contributed by atoms with E-state index in [0.717, 1.165) is 26.1 Å². The first-order valence-electron chi connectivity index (χ1n) is 6.58. The fourth-order valence-corrected chi connectivity index (χ4v) is 1.93. The third-order valence-corrected chi connectivity index (χ3v) is 3.02. The second-order valence-corrected chi connectivity index (χ2v) is 4.83. The number of nitrogens with zero attached hydrogens (tertiary/aromatic N) is 3. The Morgan fingerprint density at radius 2 is 2.11 bits per heavy atom. The molecule has 19 heavy (non-hydrogen) atoms. The Labute approximate surface area is 114 Å². The van der Waals surface area contributed by atoms with Crippen LogP contribution in [-0.4, -0.2) is 59.6 Å². The van der Waals surface area contributed by atoms with Crippen LogP contribution in [0.15, 0.2) is 18.3 Å². The summed E-state index contributed by atoms with van der Waals surface area (Å²) in [4.78, 5) is 19.7. The Kier molecular flexibility index (Phi) is 6.45. The number of carbonyl (C=O) groups is 1. The molecule has 1 aromatic heterocycles. The number of hydrogen-bond acceptors (Lipinski definition) is 4. The van der Waals surface area contributed by atoms with Crippen LogP contribution in [0.1, 0.15) is 29.4 Å². The quantitative estimate of drug-likeness (QED) is 0.773. The average Bonchev–Trinajstić information content (AvgIpc) is 2.37. The first kappa shape index (κ1) is 15.6. The van der Waals surface area contributed by atoms with Crippen molar-refractivity contribution in [2.24, 2.45) is 0 Å². The predicted molar refractivity (Wildman–Crippen MR) is 75.3 cm³/mol. The first-order chi connectivity index (χ1) is 9.04. The minimum absolute atomic E-state index is 0.300. The Morgan fingerprint density at radius 3 is 2.68 bits per heavy atom. The lowest BCUT2D eigenvalue weighted by Crippen LogP contribution is -2.28. The van der Waals surface area contributed by atoms with Gasteiger partial charge in [-0.15, -0.1) is 0 Å². The molecule has 0 amide bonds. The molecule has 0 saturated carbocycles. The van der Waals surface area contributed by atoms with Gasteiger partial charge in [-0.3, -0.25) is 9.88 Å². The second-order valence-electron chi connectivity index (χ2n) is 4.83. The maximum absolute atomic E-state index is 11.1. The molecule has 5 nitrogen and oxygen atoms in total. The molecule has 0 fully saturated rings. The van der Waals surface area contributed by atoms with Crippen LogP contribution >= 0.6 is 0 Å². The lowest BCUT2D eigenvalue weighted by atomic mass is 10.2. The summed E-state index contributed by atoms with van der Waals surface area (Å²) in [6.45, 7) is 5.54. The van der Waals surface area contributed by atoms with Crippen molar-refractivity contribution >= 4 is 5.97 Å². The monoisotopic (exact) mass is 265 g/mol. The maximum Gasteiger partial charge on any atom is 0.337 e. The summed E-state index contributed by atoms with van der Waals surface area (Å²) >= 11 is 0. The summed E-state index contributed by atoms with van der Waals surface area (Å²) in [5.74, 6) is -0.910. The molecule has 0 radical (unpaired) electrons. The van der Waals surface area contributed by atoms with Crippen molar-refractivity contribution in [3.05, 3.63) is 29.6 Å². The van der Waals surface area contributed by atoms with E-state index in [-0.39, 0.29) is 0 Å². The summed E-state index contributed by atoms with van der Waals surface area (Å²) in [6.07, 6.45) is 2.71. The van der Waals surface area contributed by atoms with Crippen molar-refractivity contribution < 1.29 is 9.90 Å². The Morgan fingerprint density at radius 1 is 1.37 bits per heavy atom. The van der Waals surface area contributed by atoms with Gasteiger partial charge in [-0.05, 0) is 52.3 Å². The number of rotatable bonds is 8. The van der Waals surface area contributed by atoms with Crippen molar-refractivity contribution in [3.8, 4) is 0 Å². The molecule has 0 aliphatic carbocycles. The Balaban J connectivity index is 2.62. The van der Waals surface area contributed by atoms with Crippen molar-refractivity contribution in [1.82, 2.24) is 14.8 Å². The highest BCUT2D eigenvalue weighted by molar-refractivity contribution is 5.88. The number of carboxylic acid groups (broad SMARTS) is 1. The van der Waals surface area contributed by atoms with E-state index < -0.39 is 5.97 Å². The van der Waals surface area contributed by atoms with Gasteiger partial charge in [0.2, 0.25) is 0 Å². The molecule has 0 unspecified atom stereocenters. The third-order valence-electron chi connectivity index (χ3n) is 3.02. The van der Waals surface area contributed by atoms with Crippen LogP contribution in [0.4, 0.5) is 0 Å². The largest absolute Gasteiger partial charge is 0.478 e. The molecule has 0 bridgehead atoms. The molecule has 0 aliphatic rings. The van der Waals surface area contributed by atoms with Crippen molar-refractivity contribution in [2.75, 3.05) is 33.7 Å². The maximum atomic E-state index is 11.1. The van der Waals surface area contributed by atoms with E-state index in [9.17, 15) is 4.79 Å². The average molecular weight is 265 g/mol. The van der Waals surface area contributed by atoms with Crippen molar-refractivity contribution in [2.45, 2.75) is 19.9 Å². The summed E-state index contributed by atoms with van der Waals surface area (Å²) in [5.41, 5.74) is 0.940. The van der Waals surface area contributed by atoms with Gasteiger partial charge < -0.3 is 10.0 Å². The highest BCUT2D eigenvalue weighted by Crippen LogP contribution is 2.09.